The number of hydrogen-bond donors (Lipinski definition) is 0. The summed E-state index contributed by atoms with van der Waals surface area (Å²) in [4.78, 5) is 0. The fourth-order valence-corrected chi connectivity index (χ4v) is 2.96. The molecule has 0 rings (SSSR count). The van der Waals surface area contributed by atoms with Crippen LogP contribution < -0.4 is 0 Å². The van der Waals surface area contributed by atoms with E-state index in [0.29, 0.717) is 0 Å². The van der Waals surface area contributed by atoms with Crippen LogP contribution in [0.1, 0.15) is 0 Å². The highest BCUT2D eigenvalue weighted by molar-refractivity contribution is 7.64. The first-order chi connectivity index (χ1) is 5.84. The minimum atomic E-state index is -5.44. The highest BCUT2D eigenvalue weighted by Gasteiger charge is 2.59. The average Bonchev–Trinajstić information content (AvgIpc) is 1.75. The third-order valence-electron chi connectivity index (χ3n) is 1.23. The van der Waals surface area contributed by atoms with Gasteiger partial charge in [0.2, 0.25) is 0 Å². The van der Waals surface area contributed by atoms with Crippen molar-refractivity contribution in [2.24, 2.45) is 5.92 Å². The topological polar surface area (TPSA) is 0 Å². The Morgan fingerprint density at radius 3 is 1.21 bits per heavy atom. The van der Waals surface area contributed by atoms with E-state index in [-0.39, 0.29) is 0 Å². The van der Waals surface area contributed by atoms with Crippen molar-refractivity contribution in [3.8, 4) is 0 Å². The van der Waals surface area contributed by atoms with Gasteiger partial charge in [-0.2, -0.15) is 26.3 Å². The van der Waals surface area contributed by atoms with Gasteiger partial charge in [0.1, 0.15) is 0 Å². The molecule has 0 radical (unpaired) electrons. The Morgan fingerprint density at radius 1 is 0.857 bits per heavy atom. The summed E-state index contributed by atoms with van der Waals surface area (Å²) in [7, 11) is 0. The molecule has 0 N–H and O–H groups in total. The van der Waals surface area contributed by atoms with E-state index in [0.717, 1.165) is 0 Å². The van der Waals surface area contributed by atoms with Gasteiger partial charge in [-0.15, -0.1) is 33.2 Å². The van der Waals surface area contributed by atoms with Crippen molar-refractivity contribution in [1.82, 2.24) is 0 Å². The molecule has 0 bridgehead atoms. The summed E-state index contributed by atoms with van der Waals surface area (Å²) in [6.45, 7) is 0. The Hall–Kier alpha value is 0.667. The Labute approximate surface area is 90.2 Å². The zero-order valence-electron chi connectivity index (χ0n) is 6.19. The van der Waals surface area contributed by atoms with Gasteiger partial charge in [0.05, 0.1) is 0 Å². The number of hydrogen-bond acceptors (Lipinski definition) is 0. The molecule has 0 aromatic heterocycles. The van der Waals surface area contributed by atoms with Crippen molar-refractivity contribution in [3.05, 3.63) is 0 Å². The van der Waals surface area contributed by atoms with Gasteiger partial charge in [-0.3, -0.25) is 0 Å². The molecule has 0 aromatic carbocycles. The van der Waals surface area contributed by atoms with Gasteiger partial charge in [0.15, 0.2) is 5.92 Å². The maximum absolute atomic E-state index is 11.9. The first-order valence-electron chi connectivity index (χ1n) is 3.04. The zero-order valence-corrected chi connectivity index (χ0v) is 9.45. The standard InChI is InChI=1S/C4H3Cl3F6Si/c5-14(6,7)1-2(3(8,9)10)4(11,12)13/h2H,1H2. The summed E-state index contributed by atoms with van der Waals surface area (Å²) >= 11 is 15.0. The van der Waals surface area contributed by atoms with Gasteiger partial charge in [-0.05, 0) is 0 Å². The van der Waals surface area contributed by atoms with Crippen molar-refractivity contribution >= 4 is 39.2 Å². The molecule has 0 atom stereocenters. The molecular formula is C4H3Cl3F6Si. The van der Waals surface area contributed by atoms with Gasteiger partial charge in [0, 0.05) is 6.04 Å². The van der Waals surface area contributed by atoms with Crippen molar-refractivity contribution < 1.29 is 26.3 Å². The molecule has 0 aliphatic heterocycles. The Morgan fingerprint density at radius 2 is 1.14 bits per heavy atom. The third-order valence-corrected chi connectivity index (χ3v) is 3.49. The molecule has 0 aromatic rings. The lowest BCUT2D eigenvalue weighted by Gasteiger charge is -2.24. The van der Waals surface area contributed by atoms with E-state index in [1.807, 2.05) is 0 Å². The molecule has 0 unspecified atom stereocenters. The van der Waals surface area contributed by atoms with Gasteiger partial charge >= 0.3 is 18.4 Å². The SMILES string of the molecule is FC(F)(F)C(C[Si](Cl)(Cl)Cl)C(F)(F)F. The second kappa shape index (κ2) is 4.27. The maximum atomic E-state index is 11.9. The smallest absolute Gasteiger partial charge is 0.170 e. The molecule has 0 saturated heterocycles. The van der Waals surface area contributed by atoms with Crippen LogP contribution in [0.5, 0.6) is 0 Å². The van der Waals surface area contributed by atoms with Crippen LogP contribution in [0.4, 0.5) is 26.3 Å². The van der Waals surface area contributed by atoms with Crippen molar-refractivity contribution in [1.29, 1.82) is 0 Å². The van der Waals surface area contributed by atoms with Crippen LogP contribution in [0.25, 0.3) is 0 Å². The first-order valence-corrected chi connectivity index (χ1v) is 8.28. The molecule has 14 heavy (non-hydrogen) atoms. The van der Waals surface area contributed by atoms with E-state index in [1.54, 1.807) is 0 Å². The summed E-state index contributed by atoms with van der Waals surface area (Å²) < 4.78 is 71.2. The highest BCUT2D eigenvalue weighted by Crippen LogP contribution is 2.46. The molecule has 0 saturated carbocycles. The number of halogens is 9. The molecule has 86 valence electrons. The normalized spacial score (nSPS) is 15.0. The third kappa shape index (κ3) is 5.52. The van der Waals surface area contributed by atoms with Crippen LogP contribution in [0, 0.1) is 5.92 Å². The van der Waals surface area contributed by atoms with Crippen LogP contribution in [-0.4, -0.2) is 18.4 Å². The molecule has 0 fully saturated rings. The maximum Gasteiger partial charge on any atom is 0.400 e. The summed E-state index contributed by atoms with van der Waals surface area (Å²) in [6.07, 6.45) is -10.9. The van der Waals surface area contributed by atoms with Crippen LogP contribution in [0.3, 0.4) is 0 Å². The monoisotopic (exact) mass is 298 g/mol. The molecule has 0 nitrogen and oxygen atoms in total. The fraction of sp³-hybridized carbons (Fsp3) is 1.00. The van der Waals surface area contributed by atoms with Crippen LogP contribution in [-0.2, 0) is 0 Å². The summed E-state index contributed by atoms with van der Waals surface area (Å²) in [5.41, 5.74) is 0. The van der Waals surface area contributed by atoms with Crippen LogP contribution in [0.2, 0.25) is 6.04 Å². The summed E-state index contributed by atoms with van der Waals surface area (Å²) in [5, 5.41) is 0. The molecule has 0 aliphatic carbocycles. The molecule has 0 amide bonds. The largest absolute Gasteiger partial charge is 0.400 e. The lowest BCUT2D eigenvalue weighted by Crippen LogP contribution is -2.39. The van der Waals surface area contributed by atoms with Crippen molar-refractivity contribution in [2.75, 3.05) is 0 Å². The zero-order chi connectivity index (χ0) is 11.8. The van der Waals surface area contributed by atoms with E-state index >= 15 is 0 Å². The molecule has 0 heterocycles. The van der Waals surface area contributed by atoms with E-state index in [1.165, 1.54) is 0 Å². The van der Waals surface area contributed by atoms with Crippen molar-refractivity contribution in [2.45, 2.75) is 18.4 Å². The Bertz CT molecular complexity index is 179. The molecule has 0 spiro atoms. The minimum Gasteiger partial charge on any atom is -0.170 e. The lowest BCUT2D eigenvalue weighted by molar-refractivity contribution is -0.277. The van der Waals surface area contributed by atoms with E-state index in [9.17, 15) is 26.3 Å². The van der Waals surface area contributed by atoms with Crippen LogP contribution >= 0.6 is 33.2 Å². The Kier molecular flexibility index (Phi) is 4.47. The second-order valence-electron chi connectivity index (χ2n) is 2.46. The van der Waals surface area contributed by atoms with Gasteiger partial charge < -0.3 is 0 Å². The predicted octanol–water partition coefficient (Wildman–Crippen LogP) is 4.38. The molecule has 0 aliphatic rings. The first kappa shape index (κ1) is 14.7. The number of alkyl halides is 6. The predicted molar refractivity (Wildman–Crippen MR) is 43.7 cm³/mol. The van der Waals surface area contributed by atoms with Gasteiger partial charge in [-0.25, -0.2) is 0 Å². The molecule has 10 heteroatoms. The molecular weight excluding hydrogens is 296 g/mol. The fourth-order valence-electron chi connectivity index (χ4n) is 0.648. The summed E-state index contributed by atoms with van der Waals surface area (Å²) in [5.74, 6) is -3.56. The minimum absolute atomic E-state index is 1.51. The quantitative estimate of drug-likeness (QED) is 0.403. The van der Waals surface area contributed by atoms with E-state index in [2.05, 4.69) is 0 Å². The second-order valence-corrected chi connectivity index (χ2v) is 11.6. The highest BCUT2D eigenvalue weighted by atomic mass is 35.8. The number of rotatable bonds is 2. The van der Waals surface area contributed by atoms with Gasteiger partial charge in [-0.1, -0.05) is 0 Å². The summed E-state index contributed by atoms with van der Waals surface area (Å²) in [6, 6.07) is -5.47. The van der Waals surface area contributed by atoms with E-state index < -0.39 is 30.3 Å². The lowest BCUT2D eigenvalue weighted by atomic mass is 10.1. The Balaban J connectivity index is 4.78. The van der Waals surface area contributed by atoms with Crippen molar-refractivity contribution in [3.63, 3.8) is 0 Å². The average molecular weight is 300 g/mol. The van der Waals surface area contributed by atoms with E-state index in [4.69, 9.17) is 33.2 Å². The van der Waals surface area contributed by atoms with Gasteiger partial charge in [0.25, 0.3) is 0 Å². The van der Waals surface area contributed by atoms with Crippen LogP contribution in [0.15, 0.2) is 0 Å².